The summed E-state index contributed by atoms with van der Waals surface area (Å²) in [6.07, 6.45) is 5.75. The van der Waals surface area contributed by atoms with Crippen LogP contribution < -0.4 is 0 Å². The van der Waals surface area contributed by atoms with E-state index < -0.39 is 0 Å². The lowest BCUT2D eigenvalue weighted by Crippen LogP contribution is -2.23. The van der Waals surface area contributed by atoms with Crippen molar-refractivity contribution in [3.63, 3.8) is 0 Å². The molecule has 18 heavy (non-hydrogen) atoms. The number of likely N-dealkylation sites (tertiary alicyclic amines) is 1. The third-order valence-electron chi connectivity index (χ3n) is 3.64. The van der Waals surface area contributed by atoms with Gasteiger partial charge in [0.05, 0.1) is 11.7 Å². The van der Waals surface area contributed by atoms with E-state index in [4.69, 9.17) is 23.2 Å². The summed E-state index contributed by atoms with van der Waals surface area (Å²) in [5.41, 5.74) is 2.60. The molecule has 0 aromatic carbocycles. The Labute approximate surface area is 117 Å². The molecule has 3 rings (SSSR count). The maximum atomic E-state index is 5.95. The first-order valence-electron chi connectivity index (χ1n) is 6.35. The summed E-state index contributed by atoms with van der Waals surface area (Å²) in [6, 6.07) is 0.421. The fraction of sp³-hybridized carbons (Fsp3) is 0.667. The van der Waals surface area contributed by atoms with Crippen LogP contribution in [0.2, 0.25) is 0 Å². The maximum Gasteiger partial charge on any atom is 0.0858 e. The van der Waals surface area contributed by atoms with Gasteiger partial charge in [-0.15, -0.1) is 5.10 Å². The van der Waals surface area contributed by atoms with Crippen molar-refractivity contribution in [3.05, 3.63) is 22.5 Å². The first-order valence-corrected chi connectivity index (χ1v) is 7.16. The van der Waals surface area contributed by atoms with Crippen molar-refractivity contribution < 1.29 is 0 Å². The molecular weight excluding hydrogens is 271 g/mol. The highest BCUT2D eigenvalue weighted by Crippen LogP contribution is 2.39. The van der Waals surface area contributed by atoms with Gasteiger partial charge in [-0.25, -0.2) is 4.68 Å². The van der Waals surface area contributed by atoms with E-state index in [0.717, 1.165) is 31.7 Å². The summed E-state index contributed by atoms with van der Waals surface area (Å²) in [4.78, 5) is 2.30. The van der Waals surface area contributed by atoms with Crippen molar-refractivity contribution in [2.75, 3.05) is 19.6 Å². The van der Waals surface area contributed by atoms with Crippen LogP contribution in [0, 0.1) is 0 Å². The predicted molar refractivity (Wildman–Crippen MR) is 71.9 cm³/mol. The highest BCUT2D eigenvalue weighted by molar-refractivity contribution is 6.36. The molecule has 0 bridgehead atoms. The lowest BCUT2D eigenvalue weighted by Gasteiger charge is -2.14. The Hall–Kier alpha value is -0.580. The van der Waals surface area contributed by atoms with Gasteiger partial charge in [-0.2, -0.15) is 0 Å². The second-order valence-corrected chi connectivity index (χ2v) is 5.83. The Bertz CT molecular complexity index is 453. The van der Waals surface area contributed by atoms with Crippen LogP contribution in [0.5, 0.6) is 0 Å². The smallest absolute Gasteiger partial charge is 0.0858 e. The molecule has 1 aromatic heterocycles. The average Bonchev–Trinajstić information content (AvgIpc) is 2.92. The second-order valence-electron chi connectivity index (χ2n) is 5.13. The SMILES string of the molecule is Cl/C=C(\Cl)CN1CCC(n2cc(C3CC3)nn2)C1. The topological polar surface area (TPSA) is 34.0 Å². The van der Waals surface area contributed by atoms with E-state index in [1.807, 2.05) is 4.68 Å². The van der Waals surface area contributed by atoms with Crippen molar-refractivity contribution in [1.82, 2.24) is 19.9 Å². The maximum absolute atomic E-state index is 5.95. The number of hydrogen-bond donors (Lipinski definition) is 0. The molecule has 2 aliphatic rings. The van der Waals surface area contributed by atoms with Gasteiger partial charge in [0.1, 0.15) is 0 Å². The molecule has 1 unspecified atom stereocenters. The van der Waals surface area contributed by atoms with E-state index in [0.29, 0.717) is 17.0 Å². The number of aromatic nitrogens is 3. The highest BCUT2D eigenvalue weighted by Gasteiger charge is 2.29. The molecule has 1 aliphatic carbocycles. The standard InChI is InChI=1S/C12H16Cl2N4/c13-5-10(14)6-17-4-3-11(7-17)18-8-12(15-16-18)9-1-2-9/h5,8-9,11H,1-4,6-7H2/b10-5-. The summed E-state index contributed by atoms with van der Waals surface area (Å²) in [5.74, 6) is 0.671. The molecule has 1 saturated heterocycles. The van der Waals surface area contributed by atoms with E-state index in [2.05, 4.69) is 21.4 Å². The lowest BCUT2D eigenvalue weighted by atomic mass is 10.2. The van der Waals surface area contributed by atoms with E-state index in [1.54, 1.807) is 0 Å². The van der Waals surface area contributed by atoms with Crippen molar-refractivity contribution in [3.8, 4) is 0 Å². The van der Waals surface area contributed by atoms with Gasteiger partial charge in [0, 0.05) is 42.3 Å². The van der Waals surface area contributed by atoms with Crippen LogP contribution in [0.3, 0.4) is 0 Å². The summed E-state index contributed by atoms with van der Waals surface area (Å²) < 4.78 is 2.02. The molecule has 0 radical (unpaired) electrons. The Balaban J connectivity index is 1.60. The quantitative estimate of drug-likeness (QED) is 0.854. The van der Waals surface area contributed by atoms with E-state index in [9.17, 15) is 0 Å². The Kier molecular flexibility index (Phi) is 3.59. The monoisotopic (exact) mass is 286 g/mol. The minimum atomic E-state index is 0.421. The third-order valence-corrected chi connectivity index (χ3v) is 4.24. The molecule has 1 saturated carbocycles. The highest BCUT2D eigenvalue weighted by atomic mass is 35.5. The predicted octanol–water partition coefficient (Wildman–Crippen LogP) is 2.72. The van der Waals surface area contributed by atoms with Gasteiger partial charge in [0.25, 0.3) is 0 Å². The first kappa shape index (κ1) is 12.5. The molecule has 2 heterocycles. The molecule has 1 aromatic rings. The molecule has 1 atom stereocenters. The third kappa shape index (κ3) is 2.71. The van der Waals surface area contributed by atoms with Crippen LogP contribution >= 0.6 is 23.2 Å². The zero-order valence-corrected chi connectivity index (χ0v) is 11.6. The molecule has 6 heteroatoms. The van der Waals surface area contributed by atoms with Crippen LogP contribution in [0.1, 0.15) is 36.9 Å². The zero-order valence-electron chi connectivity index (χ0n) is 10.1. The molecule has 4 nitrogen and oxygen atoms in total. The summed E-state index contributed by atoms with van der Waals surface area (Å²) in [5, 5.41) is 9.21. The van der Waals surface area contributed by atoms with Gasteiger partial charge in [-0.05, 0) is 19.3 Å². The van der Waals surface area contributed by atoms with Gasteiger partial charge in [0.2, 0.25) is 0 Å². The molecule has 0 amide bonds. The van der Waals surface area contributed by atoms with Crippen LogP contribution in [-0.4, -0.2) is 39.5 Å². The normalized spacial score (nSPS) is 25.9. The average molecular weight is 287 g/mol. The first-order chi connectivity index (χ1) is 8.76. The number of nitrogens with zero attached hydrogens (tertiary/aromatic N) is 4. The van der Waals surface area contributed by atoms with E-state index in [1.165, 1.54) is 18.4 Å². The van der Waals surface area contributed by atoms with Crippen LogP contribution in [0.15, 0.2) is 16.8 Å². The summed E-state index contributed by atoms with van der Waals surface area (Å²) >= 11 is 11.5. The van der Waals surface area contributed by atoms with Crippen molar-refractivity contribution in [2.24, 2.45) is 0 Å². The van der Waals surface area contributed by atoms with Crippen LogP contribution in [0.4, 0.5) is 0 Å². The fourth-order valence-electron chi connectivity index (χ4n) is 2.45. The van der Waals surface area contributed by atoms with Crippen molar-refractivity contribution in [1.29, 1.82) is 0 Å². The van der Waals surface area contributed by atoms with Gasteiger partial charge < -0.3 is 0 Å². The Morgan fingerprint density at radius 2 is 2.28 bits per heavy atom. The Morgan fingerprint density at radius 3 is 3.00 bits per heavy atom. The number of halogens is 2. The molecule has 98 valence electrons. The number of rotatable bonds is 4. The van der Waals surface area contributed by atoms with Crippen molar-refractivity contribution >= 4 is 23.2 Å². The minimum absolute atomic E-state index is 0.421. The van der Waals surface area contributed by atoms with Gasteiger partial charge in [0.15, 0.2) is 0 Å². The van der Waals surface area contributed by atoms with Crippen molar-refractivity contribution in [2.45, 2.75) is 31.2 Å². The number of hydrogen-bond acceptors (Lipinski definition) is 3. The Morgan fingerprint density at radius 1 is 1.44 bits per heavy atom. The fourth-order valence-corrected chi connectivity index (χ4v) is 2.69. The largest absolute Gasteiger partial charge is 0.296 e. The van der Waals surface area contributed by atoms with E-state index >= 15 is 0 Å². The molecule has 0 spiro atoms. The minimum Gasteiger partial charge on any atom is -0.296 e. The lowest BCUT2D eigenvalue weighted by molar-refractivity contribution is 0.346. The van der Waals surface area contributed by atoms with Gasteiger partial charge in [-0.3, -0.25) is 4.90 Å². The summed E-state index contributed by atoms with van der Waals surface area (Å²) in [7, 11) is 0. The molecule has 1 aliphatic heterocycles. The molecule has 0 N–H and O–H groups in total. The van der Waals surface area contributed by atoms with Crippen LogP contribution in [0.25, 0.3) is 0 Å². The second kappa shape index (κ2) is 5.19. The van der Waals surface area contributed by atoms with Crippen LogP contribution in [-0.2, 0) is 0 Å². The van der Waals surface area contributed by atoms with E-state index in [-0.39, 0.29) is 0 Å². The summed E-state index contributed by atoms with van der Waals surface area (Å²) in [6.45, 7) is 2.73. The molecule has 2 fully saturated rings. The van der Waals surface area contributed by atoms with Gasteiger partial charge in [-0.1, -0.05) is 28.4 Å². The zero-order chi connectivity index (χ0) is 12.5. The van der Waals surface area contributed by atoms with Gasteiger partial charge >= 0.3 is 0 Å². The molecular formula is C12H16Cl2N4.